The summed E-state index contributed by atoms with van der Waals surface area (Å²) in [5.41, 5.74) is 1.44. The van der Waals surface area contributed by atoms with Crippen LogP contribution in [-0.2, 0) is 16.6 Å². The molecule has 0 fully saturated rings. The molecule has 1 amide bonds. The second-order valence-corrected chi connectivity index (χ2v) is 7.95. The van der Waals surface area contributed by atoms with Gasteiger partial charge in [0, 0.05) is 37.9 Å². The summed E-state index contributed by atoms with van der Waals surface area (Å²) in [5, 5.41) is 7.02. The number of hydrogen-bond donors (Lipinski definition) is 1. The third kappa shape index (κ3) is 4.92. The Morgan fingerprint density at radius 2 is 2.00 bits per heavy atom. The molecular weight excluding hydrogens is 352 g/mol. The SMILES string of the molecule is CCN(CC)S(=O)(=O)c1cccc(C(=O)NCCCn2cc(C)cn2)c1. The fourth-order valence-corrected chi connectivity index (χ4v) is 4.15. The highest BCUT2D eigenvalue weighted by molar-refractivity contribution is 7.89. The van der Waals surface area contributed by atoms with E-state index in [0.29, 0.717) is 31.7 Å². The molecule has 0 aliphatic carbocycles. The minimum atomic E-state index is -3.57. The van der Waals surface area contributed by atoms with Crippen molar-refractivity contribution in [3.05, 3.63) is 47.8 Å². The van der Waals surface area contributed by atoms with Gasteiger partial charge in [-0.2, -0.15) is 9.40 Å². The summed E-state index contributed by atoms with van der Waals surface area (Å²) in [6, 6.07) is 6.16. The van der Waals surface area contributed by atoms with E-state index in [2.05, 4.69) is 10.4 Å². The number of aromatic nitrogens is 2. The zero-order valence-corrected chi connectivity index (χ0v) is 16.3. The van der Waals surface area contributed by atoms with E-state index in [0.717, 1.165) is 12.0 Å². The van der Waals surface area contributed by atoms with Crippen molar-refractivity contribution in [1.82, 2.24) is 19.4 Å². The molecule has 0 aliphatic heterocycles. The lowest BCUT2D eigenvalue weighted by Crippen LogP contribution is -2.31. The van der Waals surface area contributed by atoms with Gasteiger partial charge in [-0.15, -0.1) is 0 Å². The smallest absolute Gasteiger partial charge is 0.251 e. The number of amides is 1. The molecule has 0 saturated heterocycles. The molecule has 142 valence electrons. The molecule has 2 aromatic rings. The first-order valence-corrected chi connectivity index (χ1v) is 10.2. The quantitative estimate of drug-likeness (QED) is 0.677. The Kier molecular flexibility index (Phi) is 6.93. The maximum atomic E-state index is 12.6. The number of benzene rings is 1. The average Bonchev–Trinajstić information content (AvgIpc) is 3.04. The maximum absolute atomic E-state index is 12.6. The van der Waals surface area contributed by atoms with Gasteiger partial charge in [0.1, 0.15) is 0 Å². The number of aryl methyl sites for hydroxylation is 2. The van der Waals surface area contributed by atoms with Crippen molar-refractivity contribution in [2.45, 2.75) is 38.6 Å². The zero-order chi connectivity index (χ0) is 19.2. The van der Waals surface area contributed by atoms with Gasteiger partial charge >= 0.3 is 0 Å². The number of hydrogen-bond acceptors (Lipinski definition) is 4. The largest absolute Gasteiger partial charge is 0.352 e. The molecular formula is C18H26N4O3S. The molecule has 0 saturated carbocycles. The van der Waals surface area contributed by atoms with E-state index in [1.54, 1.807) is 32.2 Å². The summed E-state index contributed by atoms with van der Waals surface area (Å²) >= 11 is 0. The average molecular weight is 378 g/mol. The Bertz CT molecular complexity index is 842. The van der Waals surface area contributed by atoms with Gasteiger partial charge in [0.25, 0.3) is 5.91 Å². The summed E-state index contributed by atoms with van der Waals surface area (Å²) in [4.78, 5) is 12.4. The Balaban J connectivity index is 1.97. The Hall–Kier alpha value is -2.19. The topological polar surface area (TPSA) is 84.3 Å². The summed E-state index contributed by atoms with van der Waals surface area (Å²) in [5.74, 6) is -0.279. The van der Waals surface area contributed by atoms with Gasteiger partial charge in [-0.1, -0.05) is 19.9 Å². The van der Waals surface area contributed by atoms with Crippen molar-refractivity contribution < 1.29 is 13.2 Å². The molecule has 0 atom stereocenters. The summed E-state index contributed by atoms with van der Waals surface area (Å²) in [6.07, 6.45) is 4.48. The van der Waals surface area contributed by atoms with E-state index in [1.165, 1.54) is 16.4 Å². The molecule has 1 heterocycles. The number of nitrogens with one attached hydrogen (secondary N) is 1. The number of nitrogens with zero attached hydrogens (tertiary/aromatic N) is 3. The molecule has 2 rings (SSSR count). The van der Waals surface area contributed by atoms with Gasteiger partial charge in [-0.3, -0.25) is 9.48 Å². The third-order valence-corrected chi connectivity index (χ3v) is 6.10. The van der Waals surface area contributed by atoms with Gasteiger partial charge in [-0.05, 0) is 37.1 Å². The number of sulfonamides is 1. The van der Waals surface area contributed by atoms with E-state index in [-0.39, 0.29) is 10.8 Å². The maximum Gasteiger partial charge on any atom is 0.251 e. The highest BCUT2D eigenvalue weighted by atomic mass is 32.2. The monoisotopic (exact) mass is 378 g/mol. The summed E-state index contributed by atoms with van der Waals surface area (Å²) in [7, 11) is -3.57. The minimum Gasteiger partial charge on any atom is -0.352 e. The second kappa shape index (κ2) is 8.95. The van der Waals surface area contributed by atoms with Crippen LogP contribution in [0.1, 0.15) is 36.2 Å². The van der Waals surface area contributed by atoms with Gasteiger partial charge in [0.2, 0.25) is 10.0 Å². The lowest BCUT2D eigenvalue weighted by atomic mass is 10.2. The standard InChI is InChI=1S/C18H26N4O3S/c1-4-22(5-2)26(24,25)17-9-6-8-16(12-17)18(23)19-10-7-11-21-14-15(3)13-20-21/h6,8-9,12-14H,4-5,7,10-11H2,1-3H3,(H,19,23). The Morgan fingerprint density at radius 3 is 2.62 bits per heavy atom. The van der Waals surface area contributed by atoms with E-state index in [4.69, 9.17) is 0 Å². The molecule has 0 radical (unpaired) electrons. The zero-order valence-electron chi connectivity index (χ0n) is 15.5. The molecule has 0 aliphatic rings. The second-order valence-electron chi connectivity index (χ2n) is 6.01. The van der Waals surface area contributed by atoms with Crippen LogP contribution >= 0.6 is 0 Å². The highest BCUT2D eigenvalue weighted by Gasteiger charge is 2.22. The number of carbonyl (C=O) groups excluding carboxylic acids is 1. The van der Waals surface area contributed by atoms with Crippen molar-refractivity contribution in [3.8, 4) is 0 Å². The normalized spacial score (nSPS) is 11.7. The number of carbonyl (C=O) groups is 1. The molecule has 7 nitrogen and oxygen atoms in total. The molecule has 1 aromatic heterocycles. The van der Waals surface area contributed by atoms with E-state index in [1.807, 2.05) is 17.8 Å². The molecule has 1 aromatic carbocycles. The molecule has 8 heteroatoms. The molecule has 0 spiro atoms. The van der Waals surface area contributed by atoms with Crippen LogP contribution in [0.2, 0.25) is 0 Å². The van der Waals surface area contributed by atoms with Crippen LogP contribution in [0.3, 0.4) is 0 Å². The van der Waals surface area contributed by atoms with E-state index >= 15 is 0 Å². The van der Waals surface area contributed by atoms with Crippen molar-refractivity contribution >= 4 is 15.9 Å². The van der Waals surface area contributed by atoms with Crippen molar-refractivity contribution in [3.63, 3.8) is 0 Å². The van der Waals surface area contributed by atoms with Gasteiger partial charge in [0.05, 0.1) is 11.1 Å². The molecule has 0 unspecified atom stereocenters. The van der Waals surface area contributed by atoms with Crippen molar-refractivity contribution in [1.29, 1.82) is 0 Å². The predicted molar refractivity (Wildman–Crippen MR) is 100 cm³/mol. The van der Waals surface area contributed by atoms with Crippen LogP contribution in [-0.4, -0.2) is 48.0 Å². The Morgan fingerprint density at radius 1 is 1.27 bits per heavy atom. The van der Waals surface area contributed by atoms with E-state index < -0.39 is 10.0 Å². The lowest BCUT2D eigenvalue weighted by Gasteiger charge is -2.18. The molecule has 26 heavy (non-hydrogen) atoms. The third-order valence-electron chi connectivity index (χ3n) is 4.05. The van der Waals surface area contributed by atoms with Crippen molar-refractivity contribution in [2.24, 2.45) is 0 Å². The van der Waals surface area contributed by atoms with Crippen LogP contribution in [0.5, 0.6) is 0 Å². The van der Waals surface area contributed by atoms with Gasteiger partial charge in [0.15, 0.2) is 0 Å². The highest BCUT2D eigenvalue weighted by Crippen LogP contribution is 2.17. The predicted octanol–water partition coefficient (Wildman–Crippen LogP) is 2.04. The van der Waals surface area contributed by atoms with Crippen LogP contribution < -0.4 is 5.32 Å². The molecule has 0 bridgehead atoms. The van der Waals surface area contributed by atoms with Crippen LogP contribution in [0.4, 0.5) is 0 Å². The molecule has 1 N–H and O–H groups in total. The summed E-state index contributed by atoms with van der Waals surface area (Å²) < 4.78 is 28.3. The fourth-order valence-electron chi connectivity index (χ4n) is 2.64. The van der Waals surface area contributed by atoms with Crippen LogP contribution in [0.25, 0.3) is 0 Å². The first-order valence-electron chi connectivity index (χ1n) is 8.76. The van der Waals surface area contributed by atoms with Crippen molar-refractivity contribution in [2.75, 3.05) is 19.6 Å². The first-order chi connectivity index (χ1) is 12.4. The van der Waals surface area contributed by atoms with E-state index in [9.17, 15) is 13.2 Å². The number of rotatable bonds is 9. The summed E-state index contributed by atoms with van der Waals surface area (Å²) in [6.45, 7) is 7.54. The fraction of sp³-hybridized carbons (Fsp3) is 0.444. The van der Waals surface area contributed by atoms with Gasteiger partial charge < -0.3 is 5.32 Å². The Labute approximate surface area is 155 Å². The van der Waals surface area contributed by atoms with Crippen LogP contribution in [0.15, 0.2) is 41.6 Å². The van der Waals surface area contributed by atoms with Gasteiger partial charge in [-0.25, -0.2) is 8.42 Å². The first kappa shape index (κ1) is 20.1. The van der Waals surface area contributed by atoms with Crippen LogP contribution in [0, 0.1) is 6.92 Å². The lowest BCUT2D eigenvalue weighted by molar-refractivity contribution is 0.0952. The minimum absolute atomic E-state index is 0.140.